The zero-order valence-electron chi connectivity index (χ0n) is 11.9. The highest BCUT2D eigenvalue weighted by Gasteiger charge is 2.14. The van der Waals surface area contributed by atoms with Gasteiger partial charge in [0.05, 0.1) is 5.56 Å². The van der Waals surface area contributed by atoms with Gasteiger partial charge in [-0.3, -0.25) is 4.79 Å². The van der Waals surface area contributed by atoms with Crippen molar-refractivity contribution in [3.63, 3.8) is 0 Å². The molecule has 108 valence electrons. The SMILES string of the molecule is CC(C)c1ccc(/C=C/C(=O)c2c(F)cccc2F)cc1. The molecular formula is C18H16F2O. The lowest BCUT2D eigenvalue weighted by Crippen LogP contribution is -2.02. The molecule has 2 aromatic carbocycles. The summed E-state index contributed by atoms with van der Waals surface area (Å²) in [7, 11) is 0. The second-order valence-corrected chi connectivity index (χ2v) is 5.12. The molecule has 0 aliphatic rings. The zero-order chi connectivity index (χ0) is 15.4. The molecule has 3 heteroatoms. The Kier molecular flexibility index (Phi) is 4.63. The summed E-state index contributed by atoms with van der Waals surface area (Å²) in [5, 5.41) is 0. The van der Waals surface area contributed by atoms with Gasteiger partial charge in [-0.2, -0.15) is 0 Å². The fourth-order valence-corrected chi connectivity index (χ4v) is 1.98. The van der Waals surface area contributed by atoms with Crippen molar-refractivity contribution < 1.29 is 13.6 Å². The van der Waals surface area contributed by atoms with Crippen molar-refractivity contribution in [1.82, 2.24) is 0 Å². The maximum atomic E-state index is 13.5. The normalized spacial score (nSPS) is 11.3. The minimum absolute atomic E-state index is 0.428. The van der Waals surface area contributed by atoms with E-state index in [0.29, 0.717) is 5.92 Å². The molecule has 2 aromatic rings. The fraction of sp³-hybridized carbons (Fsp3) is 0.167. The van der Waals surface area contributed by atoms with E-state index in [1.165, 1.54) is 17.7 Å². The van der Waals surface area contributed by atoms with Gasteiger partial charge in [0.1, 0.15) is 11.6 Å². The molecular weight excluding hydrogens is 270 g/mol. The van der Waals surface area contributed by atoms with Crippen molar-refractivity contribution in [2.45, 2.75) is 19.8 Å². The molecule has 0 radical (unpaired) electrons. The van der Waals surface area contributed by atoms with Gasteiger partial charge in [0.15, 0.2) is 5.78 Å². The molecule has 0 fully saturated rings. The minimum atomic E-state index is -0.847. The molecule has 0 amide bonds. The largest absolute Gasteiger partial charge is 0.289 e. The zero-order valence-corrected chi connectivity index (χ0v) is 11.9. The summed E-state index contributed by atoms with van der Waals surface area (Å²) in [5.41, 5.74) is 1.48. The van der Waals surface area contributed by atoms with Crippen LogP contribution in [0.1, 0.15) is 41.3 Å². The number of carbonyl (C=O) groups is 1. The first-order valence-electron chi connectivity index (χ1n) is 6.75. The van der Waals surface area contributed by atoms with Gasteiger partial charge in [-0.15, -0.1) is 0 Å². The standard InChI is InChI=1S/C18H16F2O/c1-12(2)14-9-6-13(7-10-14)8-11-17(21)18-15(19)4-3-5-16(18)20/h3-12H,1-2H3/b11-8+. The quantitative estimate of drug-likeness (QED) is 0.572. The predicted octanol–water partition coefficient (Wildman–Crippen LogP) is 4.98. The van der Waals surface area contributed by atoms with E-state index in [1.54, 1.807) is 6.08 Å². The Labute approximate surface area is 122 Å². The third-order valence-electron chi connectivity index (χ3n) is 3.24. The third kappa shape index (κ3) is 3.63. The molecule has 1 nitrogen and oxygen atoms in total. The monoisotopic (exact) mass is 286 g/mol. The Morgan fingerprint density at radius 3 is 2.10 bits per heavy atom. The number of hydrogen-bond donors (Lipinski definition) is 0. The maximum Gasteiger partial charge on any atom is 0.191 e. The number of rotatable bonds is 4. The summed E-state index contributed by atoms with van der Waals surface area (Å²) in [5.74, 6) is -1.95. The molecule has 0 N–H and O–H groups in total. The number of hydrogen-bond acceptors (Lipinski definition) is 1. The highest BCUT2D eigenvalue weighted by atomic mass is 19.1. The average Bonchev–Trinajstić information content (AvgIpc) is 2.45. The number of halogens is 2. The van der Waals surface area contributed by atoms with Gasteiger partial charge in [0, 0.05) is 0 Å². The lowest BCUT2D eigenvalue weighted by atomic mass is 10.0. The topological polar surface area (TPSA) is 17.1 Å². The van der Waals surface area contributed by atoms with Crippen LogP contribution in [0.4, 0.5) is 8.78 Å². The van der Waals surface area contributed by atoms with Gasteiger partial charge in [0.2, 0.25) is 0 Å². The van der Waals surface area contributed by atoms with Crippen LogP contribution in [0.5, 0.6) is 0 Å². The molecule has 0 aliphatic heterocycles. The second-order valence-electron chi connectivity index (χ2n) is 5.12. The number of carbonyl (C=O) groups excluding carboxylic acids is 1. The van der Waals surface area contributed by atoms with Gasteiger partial charge in [0.25, 0.3) is 0 Å². The molecule has 0 atom stereocenters. The summed E-state index contributed by atoms with van der Waals surface area (Å²) in [6, 6.07) is 11.1. The van der Waals surface area contributed by atoms with Crippen LogP contribution in [0.2, 0.25) is 0 Å². The molecule has 0 saturated heterocycles. The third-order valence-corrected chi connectivity index (χ3v) is 3.24. The molecule has 21 heavy (non-hydrogen) atoms. The number of allylic oxidation sites excluding steroid dienone is 1. The molecule has 2 rings (SSSR count). The first-order chi connectivity index (χ1) is 9.99. The lowest BCUT2D eigenvalue weighted by Gasteiger charge is -2.04. The Bertz CT molecular complexity index is 650. The minimum Gasteiger partial charge on any atom is -0.289 e. The van der Waals surface area contributed by atoms with Crippen molar-refractivity contribution in [2.24, 2.45) is 0 Å². The summed E-state index contributed by atoms with van der Waals surface area (Å²) in [6.07, 6.45) is 2.74. The van der Waals surface area contributed by atoms with Gasteiger partial charge >= 0.3 is 0 Å². The lowest BCUT2D eigenvalue weighted by molar-refractivity contribution is 0.104. The second kappa shape index (κ2) is 6.44. The molecule has 0 saturated carbocycles. The number of ketones is 1. The predicted molar refractivity (Wildman–Crippen MR) is 80.3 cm³/mol. The van der Waals surface area contributed by atoms with E-state index >= 15 is 0 Å². The Morgan fingerprint density at radius 2 is 1.57 bits per heavy atom. The van der Waals surface area contributed by atoms with Gasteiger partial charge < -0.3 is 0 Å². The van der Waals surface area contributed by atoms with Gasteiger partial charge in [-0.05, 0) is 35.3 Å². The van der Waals surface area contributed by atoms with Crippen molar-refractivity contribution in [3.05, 3.63) is 76.9 Å². The molecule has 0 aromatic heterocycles. The van der Waals surface area contributed by atoms with Crippen molar-refractivity contribution in [3.8, 4) is 0 Å². The van der Waals surface area contributed by atoms with Gasteiger partial charge in [-0.25, -0.2) is 8.78 Å². The summed E-state index contributed by atoms with van der Waals surface area (Å²) < 4.78 is 26.9. The molecule has 0 heterocycles. The summed E-state index contributed by atoms with van der Waals surface area (Å²) in [6.45, 7) is 4.19. The van der Waals surface area contributed by atoms with Crippen LogP contribution in [-0.2, 0) is 0 Å². The van der Waals surface area contributed by atoms with Crippen molar-refractivity contribution >= 4 is 11.9 Å². The molecule has 0 unspecified atom stereocenters. The van der Waals surface area contributed by atoms with Gasteiger partial charge in [-0.1, -0.05) is 50.3 Å². The Hall–Kier alpha value is -2.29. The maximum absolute atomic E-state index is 13.5. The van der Waals surface area contributed by atoms with E-state index in [-0.39, 0.29) is 0 Å². The van der Waals surface area contributed by atoms with Crippen LogP contribution in [0.3, 0.4) is 0 Å². The summed E-state index contributed by atoms with van der Waals surface area (Å²) >= 11 is 0. The van der Waals surface area contributed by atoms with E-state index < -0.39 is 23.0 Å². The van der Waals surface area contributed by atoms with E-state index in [1.807, 2.05) is 24.3 Å². The van der Waals surface area contributed by atoms with E-state index in [2.05, 4.69) is 13.8 Å². The Balaban J connectivity index is 2.19. The van der Waals surface area contributed by atoms with Crippen LogP contribution in [0.15, 0.2) is 48.5 Å². The van der Waals surface area contributed by atoms with Crippen molar-refractivity contribution in [2.75, 3.05) is 0 Å². The van der Waals surface area contributed by atoms with Crippen LogP contribution in [-0.4, -0.2) is 5.78 Å². The van der Waals surface area contributed by atoms with Crippen LogP contribution in [0, 0.1) is 11.6 Å². The highest BCUT2D eigenvalue weighted by Crippen LogP contribution is 2.17. The average molecular weight is 286 g/mol. The molecule has 0 aliphatic carbocycles. The van der Waals surface area contributed by atoms with Crippen LogP contribution < -0.4 is 0 Å². The fourth-order valence-electron chi connectivity index (χ4n) is 1.98. The smallest absolute Gasteiger partial charge is 0.191 e. The first-order valence-corrected chi connectivity index (χ1v) is 6.75. The molecule has 0 spiro atoms. The number of benzene rings is 2. The van der Waals surface area contributed by atoms with E-state index in [4.69, 9.17) is 0 Å². The summed E-state index contributed by atoms with van der Waals surface area (Å²) in [4.78, 5) is 11.9. The van der Waals surface area contributed by atoms with E-state index in [0.717, 1.165) is 17.7 Å². The van der Waals surface area contributed by atoms with E-state index in [9.17, 15) is 13.6 Å². The first kappa shape index (κ1) is 15.1. The van der Waals surface area contributed by atoms with Crippen molar-refractivity contribution in [1.29, 1.82) is 0 Å². The highest BCUT2D eigenvalue weighted by molar-refractivity contribution is 6.07. The molecule has 0 bridgehead atoms. The van der Waals surface area contributed by atoms with Crippen LogP contribution in [0.25, 0.3) is 6.08 Å². The Morgan fingerprint density at radius 1 is 1.00 bits per heavy atom. The van der Waals surface area contributed by atoms with Crippen LogP contribution >= 0.6 is 0 Å².